The second-order valence-electron chi connectivity index (χ2n) is 10.6. The number of benzene rings is 4. The second kappa shape index (κ2) is 10.2. The summed E-state index contributed by atoms with van der Waals surface area (Å²) >= 11 is 10.4. The highest BCUT2D eigenvalue weighted by atomic mass is 79.9. The number of anilines is 1. The van der Waals surface area contributed by atoms with Crippen LogP contribution in [0.3, 0.4) is 0 Å². The van der Waals surface area contributed by atoms with E-state index < -0.39 is 22.1 Å². The Morgan fingerprint density at radius 1 is 0.738 bits per heavy atom. The Balaban J connectivity index is 1.39. The number of carbonyl (C=O) groups excluding carboxylic acids is 3. The van der Waals surface area contributed by atoms with Crippen molar-refractivity contribution >= 4 is 67.6 Å². The van der Waals surface area contributed by atoms with Gasteiger partial charge in [-0.2, -0.15) is 0 Å². The number of nitrogens with one attached hydrogen (secondary N) is 1. The fourth-order valence-corrected chi connectivity index (χ4v) is 8.53. The zero-order valence-corrected chi connectivity index (χ0v) is 25.4. The lowest BCUT2D eigenvalue weighted by Gasteiger charge is -2.35. The molecule has 42 heavy (non-hydrogen) atoms. The number of nitrogens with zero attached hydrogens (tertiary/aromatic N) is 2. The van der Waals surface area contributed by atoms with Crippen molar-refractivity contribution < 1.29 is 14.4 Å². The van der Waals surface area contributed by atoms with Crippen molar-refractivity contribution in [2.24, 2.45) is 0 Å². The van der Waals surface area contributed by atoms with E-state index in [1.807, 2.05) is 109 Å². The topological polar surface area (TPSA) is 69.7 Å². The van der Waals surface area contributed by atoms with Gasteiger partial charge in [0, 0.05) is 10.0 Å². The van der Waals surface area contributed by atoms with Crippen LogP contribution < -0.4 is 10.2 Å². The minimum atomic E-state index is -1.49. The predicted molar refractivity (Wildman–Crippen MR) is 171 cm³/mol. The zero-order chi connectivity index (χ0) is 29.1. The number of hydrogen-bond acceptors (Lipinski definition) is 5. The van der Waals surface area contributed by atoms with Gasteiger partial charge in [-0.1, -0.05) is 119 Å². The maximum atomic E-state index is 14.9. The first-order chi connectivity index (χ1) is 20.4. The van der Waals surface area contributed by atoms with Crippen LogP contribution in [-0.2, 0) is 28.2 Å². The van der Waals surface area contributed by atoms with E-state index in [0.29, 0.717) is 6.54 Å². The Morgan fingerprint density at radius 3 is 2.05 bits per heavy atom. The van der Waals surface area contributed by atoms with Gasteiger partial charge in [0.25, 0.3) is 17.1 Å². The van der Waals surface area contributed by atoms with Crippen molar-refractivity contribution in [3.63, 3.8) is 0 Å². The molecule has 0 unspecified atom stereocenters. The van der Waals surface area contributed by atoms with Gasteiger partial charge in [-0.3, -0.25) is 19.3 Å². The third kappa shape index (κ3) is 3.91. The van der Waals surface area contributed by atoms with Gasteiger partial charge >= 0.3 is 0 Å². The zero-order valence-electron chi connectivity index (χ0n) is 22.2. The number of amides is 3. The van der Waals surface area contributed by atoms with Crippen molar-refractivity contribution in [3.05, 3.63) is 136 Å². The summed E-state index contributed by atoms with van der Waals surface area (Å²) in [5.41, 5.74) is 2.66. The highest BCUT2D eigenvalue weighted by Crippen LogP contribution is 2.62. The van der Waals surface area contributed by atoms with Gasteiger partial charge in [0.2, 0.25) is 0 Å². The third-order valence-electron chi connectivity index (χ3n) is 8.29. The van der Waals surface area contributed by atoms with E-state index in [1.54, 1.807) is 4.90 Å². The Hall–Kier alpha value is -3.79. The SMILES string of the molecule is O=C1S[C@@]2(C(=O)N1Cc1ccccc1)C(=S)N[C@]1(C(=O)N(Cc3ccc(Br)cc3)c3ccccc31)[C@H]2c1ccccc1. The number of fused-ring (bicyclic) bond motifs is 2. The molecule has 0 aliphatic carbocycles. The Morgan fingerprint density at radius 2 is 1.33 bits per heavy atom. The molecule has 3 aliphatic heterocycles. The van der Waals surface area contributed by atoms with Gasteiger partial charge < -0.3 is 10.2 Å². The molecule has 2 fully saturated rings. The second-order valence-corrected chi connectivity index (χ2v) is 13.1. The smallest absolute Gasteiger partial charge is 0.290 e. The lowest BCUT2D eigenvalue weighted by molar-refractivity contribution is -0.129. The summed E-state index contributed by atoms with van der Waals surface area (Å²) in [6.45, 7) is 0.471. The summed E-state index contributed by atoms with van der Waals surface area (Å²) in [5, 5.41) is 3.01. The van der Waals surface area contributed by atoms with E-state index in [9.17, 15) is 14.4 Å². The van der Waals surface area contributed by atoms with Gasteiger partial charge in [0.05, 0.1) is 24.7 Å². The average molecular weight is 655 g/mol. The molecule has 7 rings (SSSR count). The lowest BCUT2D eigenvalue weighted by Crippen LogP contribution is -2.52. The number of thioether (sulfide) groups is 1. The molecule has 1 N–H and O–H groups in total. The maximum absolute atomic E-state index is 14.9. The molecule has 2 saturated heterocycles. The van der Waals surface area contributed by atoms with Gasteiger partial charge in [0.15, 0.2) is 10.3 Å². The molecule has 3 heterocycles. The minimum absolute atomic E-state index is 0.130. The number of halogens is 1. The highest BCUT2D eigenvalue weighted by Gasteiger charge is 2.75. The van der Waals surface area contributed by atoms with E-state index in [2.05, 4.69) is 21.2 Å². The van der Waals surface area contributed by atoms with Crippen LogP contribution in [0.15, 0.2) is 114 Å². The first-order valence-electron chi connectivity index (χ1n) is 13.5. The van der Waals surface area contributed by atoms with Crippen molar-refractivity contribution in [2.45, 2.75) is 29.3 Å². The Bertz CT molecular complexity index is 1750. The third-order valence-corrected chi connectivity index (χ3v) is 10.7. The van der Waals surface area contributed by atoms with E-state index in [-0.39, 0.29) is 22.7 Å². The fraction of sp³-hybridized carbons (Fsp3) is 0.152. The van der Waals surface area contributed by atoms with E-state index in [4.69, 9.17) is 12.2 Å². The van der Waals surface area contributed by atoms with E-state index in [0.717, 1.165) is 44.2 Å². The highest BCUT2D eigenvalue weighted by molar-refractivity contribution is 9.10. The van der Waals surface area contributed by atoms with Gasteiger partial charge in [0.1, 0.15) is 4.99 Å². The number of rotatable bonds is 5. The van der Waals surface area contributed by atoms with Crippen LogP contribution in [0.2, 0.25) is 0 Å². The monoisotopic (exact) mass is 653 g/mol. The molecule has 2 spiro atoms. The molecule has 6 nitrogen and oxygen atoms in total. The van der Waals surface area contributed by atoms with Crippen LogP contribution in [0.1, 0.15) is 28.2 Å². The molecule has 4 aromatic rings. The lowest BCUT2D eigenvalue weighted by atomic mass is 9.71. The first kappa shape index (κ1) is 27.1. The minimum Gasteiger partial charge on any atom is -0.360 e. The Kier molecular flexibility index (Phi) is 6.56. The summed E-state index contributed by atoms with van der Waals surface area (Å²) in [7, 11) is 0. The summed E-state index contributed by atoms with van der Waals surface area (Å²) < 4.78 is -0.537. The van der Waals surface area contributed by atoms with Crippen LogP contribution in [0.4, 0.5) is 10.5 Å². The molecule has 3 aliphatic rings. The van der Waals surface area contributed by atoms with Crippen molar-refractivity contribution in [1.29, 1.82) is 0 Å². The number of thiocarbonyl (C=S) groups is 1. The summed E-state index contributed by atoms with van der Waals surface area (Å²) in [6, 6.07) is 34.4. The molecule has 3 atom stereocenters. The maximum Gasteiger partial charge on any atom is 0.290 e. The normalized spacial score (nSPS) is 24.6. The number of hydrogen-bond donors (Lipinski definition) is 1. The first-order valence-corrected chi connectivity index (χ1v) is 15.5. The molecule has 0 saturated carbocycles. The predicted octanol–water partition coefficient (Wildman–Crippen LogP) is 6.54. The molecule has 4 aromatic carbocycles. The van der Waals surface area contributed by atoms with Gasteiger partial charge in [-0.15, -0.1) is 0 Å². The average Bonchev–Trinajstić information content (AvgIpc) is 3.51. The fourth-order valence-electron chi connectivity index (χ4n) is 6.47. The number of para-hydroxylation sites is 1. The molecule has 0 radical (unpaired) electrons. The van der Waals surface area contributed by atoms with Crippen LogP contribution in [0, 0.1) is 0 Å². The number of imide groups is 1. The molecular weight excluding hydrogens is 630 g/mol. The molecule has 208 valence electrons. The van der Waals surface area contributed by atoms with Crippen molar-refractivity contribution in [1.82, 2.24) is 10.2 Å². The van der Waals surface area contributed by atoms with E-state index >= 15 is 0 Å². The molecule has 0 bridgehead atoms. The summed E-state index contributed by atoms with van der Waals surface area (Å²) in [6.07, 6.45) is 0. The summed E-state index contributed by atoms with van der Waals surface area (Å²) in [5.74, 6) is -1.38. The van der Waals surface area contributed by atoms with Crippen molar-refractivity contribution in [3.8, 4) is 0 Å². The van der Waals surface area contributed by atoms with Crippen LogP contribution >= 0.6 is 39.9 Å². The summed E-state index contributed by atoms with van der Waals surface area (Å²) in [4.78, 5) is 46.2. The van der Waals surface area contributed by atoms with Gasteiger partial charge in [-0.25, -0.2) is 0 Å². The van der Waals surface area contributed by atoms with Crippen LogP contribution in [0.5, 0.6) is 0 Å². The quantitative estimate of drug-likeness (QED) is 0.247. The van der Waals surface area contributed by atoms with Crippen molar-refractivity contribution in [2.75, 3.05) is 4.90 Å². The van der Waals surface area contributed by atoms with Gasteiger partial charge in [-0.05, 0) is 46.7 Å². The van der Waals surface area contributed by atoms with Crippen LogP contribution in [-0.4, -0.2) is 31.7 Å². The Labute approximate surface area is 261 Å². The molecular formula is C33H24BrN3O3S2. The largest absolute Gasteiger partial charge is 0.360 e. The van der Waals surface area contributed by atoms with E-state index in [1.165, 1.54) is 4.90 Å². The molecule has 3 amide bonds. The number of carbonyl (C=O) groups is 3. The van der Waals surface area contributed by atoms with Crippen LogP contribution in [0.25, 0.3) is 0 Å². The molecule has 0 aromatic heterocycles. The standard InChI is InChI=1S/C33H24BrN3O3S2/c34-24-17-15-22(16-18-24)19-36-26-14-8-7-13-25(26)32(29(36)38)27(23-11-5-2-6-12-23)33(28(41)35-32)30(39)37(31(40)42-33)20-21-9-3-1-4-10-21/h1-18,27H,19-20H2,(H,35,41)/t27-,32+,33-/m1/s1. The molecule has 9 heteroatoms.